The van der Waals surface area contributed by atoms with Crippen LogP contribution >= 0.6 is 11.8 Å². The van der Waals surface area contributed by atoms with Gasteiger partial charge in [0, 0.05) is 21.5 Å². The van der Waals surface area contributed by atoms with Crippen molar-refractivity contribution in [2.24, 2.45) is 0 Å². The Balaban J connectivity index is 2.32. The van der Waals surface area contributed by atoms with E-state index in [0.717, 1.165) is 9.79 Å². The molecule has 0 fully saturated rings. The van der Waals surface area contributed by atoms with Crippen LogP contribution in [-0.4, -0.2) is 6.61 Å². The first kappa shape index (κ1) is 14.7. The molecule has 4 heteroatoms. The lowest BCUT2D eigenvalue weighted by atomic mass is 10.1. The Morgan fingerprint density at radius 2 is 1.90 bits per heavy atom. The van der Waals surface area contributed by atoms with Gasteiger partial charge in [-0.05, 0) is 50.1 Å². The highest BCUT2D eigenvalue weighted by molar-refractivity contribution is 7.99. The van der Waals surface area contributed by atoms with Crippen LogP contribution < -0.4 is 10.5 Å². The van der Waals surface area contributed by atoms with Gasteiger partial charge in [0.1, 0.15) is 0 Å². The zero-order valence-corrected chi connectivity index (χ0v) is 12.7. The van der Waals surface area contributed by atoms with Crippen molar-refractivity contribution >= 4 is 17.4 Å². The van der Waals surface area contributed by atoms with E-state index in [2.05, 4.69) is 26.0 Å². The van der Waals surface area contributed by atoms with E-state index in [-0.39, 0.29) is 5.75 Å². The number of hydrogen-bond acceptors (Lipinski definition) is 3. The van der Waals surface area contributed by atoms with Crippen molar-refractivity contribution in [3.05, 3.63) is 47.3 Å². The highest BCUT2D eigenvalue weighted by Crippen LogP contribution is 2.36. The van der Waals surface area contributed by atoms with E-state index in [9.17, 15) is 4.39 Å². The normalized spacial score (nSPS) is 10.6. The van der Waals surface area contributed by atoms with Gasteiger partial charge in [-0.15, -0.1) is 0 Å². The van der Waals surface area contributed by atoms with Crippen LogP contribution in [0.15, 0.2) is 40.1 Å². The van der Waals surface area contributed by atoms with Crippen molar-refractivity contribution in [1.82, 2.24) is 0 Å². The summed E-state index contributed by atoms with van der Waals surface area (Å²) in [4.78, 5) is 1.88. The zero-order valence-electron chi connectivity index (χ0n) is 11.9. The molecule has 0 radical (unpaired) electrons. The van der Waals surface area contributed by atoms with Crippen molar-refractivity contribution in [1.29, 1.82) is 0 Å². The van der Waals surface area contributed by atoms with Crippen LogP contribution in [0.1, 0.15) is 18.1 Å². The Labute approximate surface area is 123 Å². The molecule has 0 aliphatic carbocycles. The number of aryl methyl sites for hydroxylation is 2. The summed E-state index contributed by atoms with van der Waals surface area (Å²) in [5.74, 6) is -0.179. The first-order chi connectivity index (χ1) is 9.51. The van der Waals surface area contributed by atoms with Gasteiger partial charge in [-0.2, -0.15) is 0 Å². The maximum Gasteiger partial charge on any atom is 0.167 e. The fourth-order valence-electron chi connectivity index (χ4n) is 1.81. The monoisotopic (exact) mass is 291 g/mol. The predicted molar refractivity (Wildman–Crippen MR) is 82.0 cm³/mol. The molecule has 2 rings (SSSR count). The van der Waals surface area contributed by atoms with Crippen LogP contribution in [0, 0.1) is 19.7 Å². The third-order valence-corrected chi connectivity index (χ3v) is 4.13. The van der Waals surface area contributed by atoms with Crippen LogP contribution in [0.2, 0.25) is 0 Å². The van der Waals surface area contributed by atoms with Crippen LogP contribution in [0.25, 0.3) is 0 Å². The van der Waals surface area contributed by atoms with Gasteiger partial charge >= 0.3 is 0 Å². The Morgan fingerprint density at radius 3 is 2.55 bits per heavy atom. The molecule has 0 heterocycles. The topological polar surface area (TPSA) is 35.2 Å². The molecule has 0 aliphatic heterocycles. The Hall–Kier alpha value is -1.68. The summed E-state index contributed by atoms with van der Waals surface area (Å²) in [7, 11) is 0. The molecular formula is C16H18FNOS. The van der Waals surface area contributed by atoms with Crippen LogP contribution in [-0.2, 0) is 0 Å². The van der Waals surface area contributed by atoms with Crippen LogP contribution in [0.3, 0.4) is 0 Å². The Kier molecular flexibility index (Phi) is 4.55. The number of hydrogen-bond donors (Lipinski definition) is 1. The summed E-state index contributed by atoms with van der Waals surface area (Å²) < 4.78 is 18.9. The summed E-state index contributed by atoms with van der Waals surface area (Å²) in [6, 6.07) is 9.18. The zero-order chi connectivity index (χ0) is 14.7. The average molecular weight is 291 g/mol. The van der Waals surface area contributed by atoms with Gasteiger partial charge in [0.25, 0.3) is 0 Å². The van der Waals surface area contributed by atoms with E-state index in [1.807, 2.05) is 13.0 Å². The van der Waals surface area contributed by atoms with Gasteiger partial charge in [0.05, 0.1) is 6.61 Å². The second-order valence-corrected chi connectivity index (χ2v) is 5.72. The standard InChI is InChI=1S/C16H18FNOS/c1-4-19-15-9-16(14(18)8-13(15)17)20-12-6-5-10(2)11(3)7-12/h5-9H,4,18H2,1-3H3. The first-order valence-electron chi connectivity index (χ1n) is 6.48. The third kappa shape index (κ3) is 3.25. The lowest BCUT2D eigenvalue weighted by molar-refractivity contribution is 0.321. The van der Waals surface area contributed by atoms with Gasteiger partial charge in [0.2, 0.25) is 0 Å². The minimum atomic E-state index is -0.422. The highest BCUT2D eigenvalue weighted by Gasteiger charge is 2.10. The smallest absolute Gasteiger partial charge is 0.167 e. The number of nitrogens with two attached hydrogens (primary N) is 1. The van der Waals surface area contributed by atoms with Gasteiger partial charge in [-0.25, -0.2) is 4.39 Å². The lowest BCUT2D eigenvalue weighted by Crippen LogP contribution is -1.98. The van der Waals surface area contributed by atoms with Crippen LogP contribution in [0.4, 0.5) is 10.1 Å². The average Bonchev–Trinajstić information content (AvgIpc) is 2.39. The second kappa shape index (κ2) is 6.18. The van der Waals surface area contributed by atoms with Crippen molar-refractivity contribution in [2.75, 3.05) is 12.3 Å². The number of ether oxygens (including phenoxy) is 1. The maximum absolute atomic E-state index is 13.7. The molecule has 2 N–H and O–H groups in total. The van der Waals surface area contributed by atoms with Crippen LogP contribution in [0.5, 0.6) is 5.75 Å². The molecule has 0 saturated carbocycles. The van der Waals surface area contributed by atoms with Gasteiger partial charge in [0.15, 0.2) is 11.6 Å². The van der Waals surface area contributed by atoms with E-state index >= 15 is 0 Å². The molecule has 0 aliphatic rings. The SMILES string of the molecule is CCOc1cc(Sc2ccc(C)c(C)c2)c(N)cc1F. The molecule has 0 atom stereocenters. The molecule has 0 spiro atoms. The molecule has 2 aromatic rings. The summed E-state index contributed by atoms with van der Waals surface area (Å²) >= 11 is 1.51. The van der Waals surface area contributed by atoms with Gasteiger partial charge < -0.3 is 10.5 Å². The summed E-state index contributed by atoms with van der Waals surface area (Å²) in [6.07, 6.45) is 0. The molecule has 0 bridgehead atoms. The van der Waals surface area contributed by atoms with Crippen molar-refractivity contribution in [3.8, 4) is 5.75 Å². The predicted octanol–water partition coefficient (Wildman–Crippen LogP) is 4.57. The summed E-state index contributed by atoms with van der Waals surface area (Å²) in [5.41, 5.74) is 8.78. The summed E-state index contributed by atoms with van der Waals surface area (Å²) in [6.45, 7) is 6.39. The molecule has 0 aromatic heterocycles. The Bertz CT molecular complexity index is 628. The fourth-order valence-corrected chi connectivity index (χ4v) is 2.78. The molecule has 106 valence electrons. The number of benzene rings is 2. The minimum Gasteiger partial charge on any atom is -0.491 e. The van der Waals surface area contributed by atoms with Gasteiger partial charge in [-0.3, -0.25) is 0 Å². The Morgan fingerprint density at radius 1 is 1.15 bits per heavy atom. The number of anilines is 1. The largest absolute Gasteiger partial charge is 0.491 e. The highest BCUT2D eigenvalue weighted by atomic mass is 32.2. The minimum absolute atomic E-state index is 0.244. The van der Waals surface area contributed by atoms with E-state index in [1.165, 1.54) is 29.0 Å². The van der Waals surface area contributed by atoms with E-state index in [1.54, 1.807) is 6.07 Å². The lowest BCUT2D eigenvalue weighted by Gasteiger charge is -2.11. The van der Waals surface area contributed by atoms with Crippen molar-refractivity contribution in [3.63, 3.8) is 0 Å². The molecule has 20 heavy (non-hydrogen) atoms. The number of nitrogen functional groups attached to an aromatic ring is 1. The quantitative estimate of drug-likeness (QED) is 0.838. The van der Waals surface area contributed by atoms with E-state index in [0.29, 0.717) is 12.3 Å². The van der Waals surface area contributed by atoms with E-state index < -0.39 is 5.82 Å². The first-order valence-corrected chi connectivity index (χ1v) is 7.30. The number of halogens is 1. The molecule has 0 amide bonds. The van der Waals surface area contributed by atoms with E-state index in [4.69, 9.17) is 10.5 Å². The third-order valence-electron chi connectivity index (χ3n) is 3.07. The maximum atomic E-state index is 13.7. The molecule has 2 nitrogen and oxygen atoms in total. The van der Waals surface area contributed by atoms with Crippen molar-refractivity contribution < 1.29 is 9.13 Å². The fraction of sp³-hybridized carbons (Fsp3) is 0.250. The molecular weight excluding hydrogens is 273 g/mol. The molecule has 0 saturated heterocycles. The van der Waals surface area contributed by atoms with Crippen molar-refractivity contribution in [2.45, 2.75) is 30.6 Å². The van der Waals surface area contributed by atoms with Gasteiger partial charge in [-0.1, -0.05) is 17.8 Å². The number of rotatable bonds is 4. The molecule has 0 unspecified atom stereocenters. The molecule has 2 aromatic carbocycles. The second-order valence-electron chi connectivity index (χ2n) is 4.60. The summed E-state index contributed by atoms with van der Waals surface area (Å²) in [5, 5.41) is 0.